The third kappa shape index (κ3) is 3.08. The molecule has 1 aliphatic carbocycles. The molecule has 0 radical (unpaired) electrons. The molecule has 0 amide bonds. The van der Waals surface area contributed by atoms with E-state index in [1.165, 1.54) is 12.8 Å². The summed E-state index contributed by atoms with van der Waals surface area (Å²) in [4.78, 5) is 4.21. The van der Waals surface area contributed by atoms with E-state index in [4.69, 9.17) is 4.74 Å². The van der Waals surface area contributed by atoms with Crippen LogP contribution in [-0.4, -0.2) is 16.7 Å². The predicted octanol–water partition coefficient (Wildman–Crippen LogP) is 3.87. The highest BCUT2D eigenvalue weighted by Crippen LogP contribution is 2.50. The highest BCUT2D eigenvalue weighted by Gasteiger charge is 2.39. The molecule has 0 aromatic carbocycles. The maximum absolute atomic E-state index is 10.7. The minimum atomic E-state index is -0.419. The number of aliphatic hydroxyl groups is 1. The molecular weight excluding hydrogens is 238 g/mol. The molecule has 19 heavy (non-hydrogen) atoms. The first-order chi connectivity index (χ1) is 9.22. The maximum atomic E-state index is 10.7. The molecule has 1 N–H and O–H groups in total. The van der Waals surface area contributed by atoms with Crippen LogP contribution in [0.25, 0.3) is 0 Å². The van der Waals surface area contributed by atoms with E-state index in [0.29, 0.717) is 6.61 Å². The molecule has 3 nitrogen and oxygen atoms in total. The van der Waals surface area contributed by atoms with Crippen molar-refractivity contribution >= 4 is 0 Å². The van der Waals surface area contributed by atoms with Crippen molar-refractivity contribution in [2.75, 3.05) is 6.61 Å². The summed E-state index contributed by atoms with van der Waals surface area (Å²) in [6, 6.07) is 1.95. The fourth-order valence-electron chi connectivity index (χ4n) is 3.14. The standard InChI is InChI=1S/C16H25NO2/c1-3-9-19-14-10-13(11-17-12-14)15(18)16(4-2)7-5-6-8-16/h10-12,15,18H,3-9H2,1-2H3. The smallest absolute Gasteiger partial charge is 0.137 e. The van der Waals surface area contributed by atoms with Gasteiger partial charge in [0.25, 0.3) is 0 Å². The molecule has 1 heterocycles. The minimum Gasteiger partial charge on any atom is -0.492 e. The molecule has 106 valence electrons. The van der Waals surface area contributed by atoms with Crippen molar-refractivity contribution in [3.05, 3.63) is 24.0 Å². The SMILES string of the molecule is CCCOc1cncc(C(O)C2(CC)CCCC2)c1. The second-order valence-electron chi connectivity index (χ2n) is 5.63. The summed E-state index contributed by atoms with van der Waals surface area (Å²) < 4.78 is 5.60. The van der Waals surface area contributed by atoms with E-state index in [1.807, 2.05) is 6.07 Å². The van der Waals surface area contributed by atoms with Gasteiger partial charge >= 0.3 is 0 Å². The Morgan fingerprint density at radius 2 is 2.05 bits per heavy atom. The fraction of sp³-hybridized carbons (Fsp3) is 0.688. The lowest BCUT2D eigenvalue weighted by molar-refractivity contribution is 0.0233. The monoisotopic (exact) mass is 263 g/mol. The van der Waals surface area contributed by atoms with Gasteiger partial charge in [-0.05, 0) is 31.7 Å². The van der Waals surface area contributed by atoms with Crippen molar-refractivity contribution in [3.63, 3.8) is 0 Å². The van der Waals surface area contributed by atoms with Crippen molar-refractivity contribution in [2.24, 2.45) is 5.41 Å². The third-order valence-electron chi connectivity index (χ3n) is 4.41. The second kappa shape index (κ2) is 6.38. The van der Waals surface area contributed by atoms with Gasteiger partial charge in [0.15, 0.2) is 0 Å². The summed E-state index contributed by atoms with van der Waals surface area (Å²) in [6.45, 7) is 4.95. The van der Waals surface area contributed by atoms with Crippen LogP contribution in [0.2, 0.25) is 0 Å². The van der Waals surface area contributed by atoms with Crippen LogP contribution in [0.15, 0.2) is 18.5 Å². The number of rotatable bonds is 6. The number of aromatic nitrogens is 1. The van der Waals surface area contributed by atoms with E-state index >= 15 is 0 Å². The van der Waals surface area contributed by atoms with Gasteiger partial charge < -0.3 is 9.84 Å². The van der Waals surface area contributed by atoms with Gasteiger partial charge in [0, 0.05) is 17.2 Å². The van der Waals surface area contributed by atoms with Gasteiger partial charge in [0.2, 0.25) is 0 Å². The van der Waals surface area contributed by atoms with Crippen LogP contribution in [0.4, 0.5) is 0 Å². The van der Waals surface area contributed by atoms with E-state index in [1.54, 1.807) is 12.4 Å². The Morgan fingerprint density at radius 3 is 2.68 bits per heavy atom. The summed E-state index contributed by atoms with van der Waals surface area (Å²) in [5.74, 6) is 0.766. The van der Waals surface area contributed by atoms with Crippen molar-refractivity contribution in [2.45, 2.75) is 58.5 Å². The molecule has 1 aromatic heterocycles. The molecule has 1 aromatic rings. The van der Waals surface area contributed by atoms with Gasteiger partial charge in [-0.25, -0.2) is 0 Å². The topological polar surface area (TPSA) is 42.4 Å². The lowest BCUT2D eigenvalue weighted by Gasteiger charge is -2.33. The Labute approximate surface area is 116 Å². The highest BCUT2D eigenvalue weighted by atomic mass is 16.5. The van der Waals surface area contributed by atoms with E-state index in [9.17, 15) is 5.11 Å². The zero-order valence-corrected chi connectivity index (χ0v) is 12.1. The number of pyridine rings is 1. The molecule has 1 fully saturated rings. The highest BCUT2D eigenvalue weighted by molar-refractivity contribution is 5.26. The summed E-state index contributed by atoms with van der Waals surface area (Å²) in [5.41, 5.74) is 0.947. The van der Waals surface area contributed by atoms with Gasteiger partial charge in [-0.3, -0.25) is 4.98 Å². The van der Waals surface area contributed by atoms with Crippen LogP contribution in [0, 0.1) is 5.41 Å². The molecule has 0 saturated heterocycles. The van der Waals surface area contributed by atoms with E-state index < -0.39 is 6.10 Å². The molecule has 3 heteroatoms. The zero-order valence-electron chi connectivity index (χ0n) is 12.1. The van der Waals surface area contributed by atoms with Gasteiger partial charge in [0.1, 0.15) is 5.75 Å². The van der Waals surface area contributed by atoms with E-state index in [0.717, 1.165) is 37.0 Å². The summed E-state index contributed by atoms with van der Waals surface area (Å²) in [7, 11) is 0. The predicted molar refractivity (Wildman–Crippen MR) is 76.2 cm³/mol. The fourth-order valence-corrected chi connectivity index (χ4v) is 3.14. The number of ether oxygens (including phenoxy) is 1. The molecule has 0 aliphatic heterocycles. The van der Waals surface area contributed by atoms with Crippen molar-refractivity contribution < 1.29 is 9.84 Å². The van der Waals surface area contributed by atoms with Crippen LogP contribution in [-0.2, 0) is 0 Å². The van der Waals surface area contributed by atoms with Crippen LogP contribution >= 0.6 is 0 Å². The van der Waals surface area contributed by atoms with Gasteiger partial charge in [-0.1, -0.05) is 26.7 Å². The molecule has 1 saturated carbocycles. The number of nitrogens with zero attached hydrogens (tertiary/aromatic N) is 1. The number of hydrogen-bond acceptors (Lipinski definition) is 3. The quantitative estimate of drug-likeness (QED) is 0.847. The molecule has 0 bridgehead atoms. The van der Waals surface area contributed by atoms with Gasteiger partial charge in [0.05, 0.1) is 18.9 Å². The average molecular weight is 263 g/mol. The van der Waals surface area contributed by atoms with Crippen LogP contribution in [0.5, 0.6) is 5.75 Å². The average Bonchev–Trinajstić information content (AvgIpc) is 2.94. The Morgan fingerprint density at radius 1 is 1.32 bits per heavy atom. The number of hydrogen-bond donors (Lipinski definition) is 1. The van der Waals surface area contributed by atoms with E-state index in [-0.39, 0.29) is 5.41 Å². The Bertz CT molecular complexity index is 399. The molecule has 1 aliphatic rings. The summed E-state index contributed by atoms with van der Waals surface area (Å²) >= 11 is 0. The zero-order chi connectivity index (χ0) is 13.7. The normalized spacial score (nSPS) is 19.3. The van der Waals surface area contributed by atoms with E-state index in [2.05, 4.69) is 18.8 Å². The molecule has 1 atom stereocenters. The lowest BCUT2D eigenvalue weighted by atomic mass is 9.75. The van der Waals surface area contributed by atoms with Crippen molar-refractivity contribution in [1.82, 2.24) is 4.98 Å². The second-order valence-corrected chi connectivity index (χ2v) is 5.63. The van der Waals surface area contributed by atoms with Crippen LogP contribution in [0.3, 0.4) is 0 Å². The Hall–Kier alpha value is -1.09. The van der Waals surface area contributed by atoms with Crippen molar-refractivity contribution in [3.8, 4) is 5.75 Å². The molecule has 2 rings (SSSR count). The van der Waals surface area contributed by atoms with Crippen molar-refractivity contribution in [1.29, 1.82) is 0 Å². The summed E-state index contributed by atoms with van der Waals surface area (Å²) in [6.07, 6.45) is 9.76. The molecular formula is C16H25NO2. The largest absolute Gasteiger partial charge is 0.492 e. The number of aliphatic hydroxyl groups excluding tert-OH is 1. The summed E-state index contributed by atoms with van der Waals surface area (Å²) in [5, 5.41) is 10.7. The minimum absolute atomic E-state index is 0.0467. The lowest BCUT2D eigenvalue weighted by Crippen LogP contribution is -2.25. The van der Waals surface area contributed by atoms with Gasteiger partial charge in [-0.2, -0.15) is 0 Å². The molecule has 0 spiro atoms. The Balaban J connectivity index is 2.15. The maximum Gasteiger partial charge on any atom is 0.137 e. The van der Waals surface area contributed by atoms with Gasteiger partial charge in [-0.15, -0.1) is 0 Å². The van der Waals surface area contributed by atoms with Crippen LogP contribution in [0.1, 0.15) is 64.0 Å². The Kier molecular flexibility index (Phi) is 4.81. The third-order valence-corrected chi connectivity index (χ3v) is 4.41. The van der Waals surface area contributed by atoms with Crippen LogP contribution < -0.4 is 4.74 Å². The molecule has 1 unspecified atom stereocenters. The first kappa shape index (κ1) is 14.3. The first-order valence-electron chi connectivity index (χ1n) is 7.47. The first-order valence-corrected chi connectivity index (χ1v) is 7.47.